The Morgan fingerprint density at radius 2 is 1.83 bits per heavy atom. The molecular weight excluding hydrogens is 299 g/mol. The molecule has 0 aromatic carbocycles. The summed E-state index contributed by atoms with van der Waals surface area (Å²) in [5, 5.41) is 0.400. The van der Waals surface area contributed by atoms with Crippen molar-refractivity contribution in [2.24, 2.45) is 0 Å². The average Bonchev–Trinajstić information content (AvgIpc) is 1.97. The molecule has 12 heavy (non-hydrogen) atoms. The van der Waals surface area contributed by atoms with E-state index >= 15 is 0 Å². The van der Waals surface area contributed by atoms with Crippen molar-refractivity contribution in [2.45, 2.75) is 54.8 Å². The van der Waals surface area contributed by atoms with E-state index in [1.165, 1.54) is 19.3 Å². The zero-order valence-corrected chi connectivity index (χ0v) is 12.4. The molecule has 0 saturated carbocycles. The van der Waals surface area contributed by atoms with Crippen LogP contribution in [0, 0.1) is 0 Å². The molecule has 74 valence electrons. The number of hydrogen-bond donors (Lipinski definition) is 0. The van der Waals surface area contributed by atoms with Crippen LogP contribution in [0.15, 0.2) is 0 Å². The predicted octanol–water partition coefficient (Wildman–Crippen LogP) is 4.47. The second-order valence-corrected chi connectivity index (χ2v) is 12.9. The third-order valence-corrected chi connectivity index (χ3v) is 11.6. The van der Waals surface area contributed by atoms with E-state index in [0.717, 1.165) is 0 Å². The maximum Gasteiger partial charge on any atom is 0.0604 e. The molecule has 0 aliphatic carbocycles. The summed E-state index contributed by atoms with van der Waals surface area (Å²) >= 11 is 8.87. The van der Waals surface area contributed by atoms with E-state index in [1.807, 2.05) is 0 Å². The van der Waals surface area contributed by atoms with Gasteiger partial charge in [-0.3, -0.25) is 0 Å². The van der Waals surface area contributed by atoms with Crippen molar-refractivity contribution < 1.29 is 0 Å². The maximum atomic E-state index is 6.32. The van der Waals surface area contributed by atoms with Crippen molar-refractivity contribution in [3.63, 3.8) is 0 Å². The Kier molecular flexibility index (Phi) is 6.46. The van der Waals surface area contributed by atoms with Gasteiger partial charge in [-0.2, -0.15) is 0 Å². The van der Waals surface area contributed by atoms with Gasteiger partial charge in [0, 0.05) is 8.92 Å². The van der Waals surface area contributed by atoms with Crippen LogP contribution in [0.4, 0.5) is 0 Å². The molecule has 0 heterocycles. The van der Waals surface area contributed by atoms with Gasteiger partial charge in [-0.05, 0) is 6.42 Å². The highest BCUT2D eigenvalue weighted by Gasteiger charge is 2.29. The lowest BCUT2D eigenvalue weighted by Crippen LogP contribution is -2.39. The van der Waals surface area contributed by atoms with E-state index in [1.54, 1.807) is 0 Å². The van der Waals surface area contributed by atoms with Gasteiger partial charge in [-0.1, -0.05) is 62.0 Å². The first-order chi connectivity index (χ1) is 5.39. The molecule has 0 radical (unpaired) electrons. The molecule has 0 aromatic heterocycles. The van der Waals surface area contributed by atoms with Crippen molar-refractivity contribution >= 4 is 42.3 Å². The molecule has 0 spiro atoms. The van der Waals surface area contributed by atoms with E-state index in [9.17, 15) is 0 Å². The fourth-order valence-corrected chi connectivity index (χ4v) is 3.99. The molecule has 0 aliphatic rings. The Hall–Kier alpha value is 1.24. The predicted molar refractivity (Wildman–Crippen MR) is 70.3 cm³/mol. The molecule has 2 atom stereocenters. The lowest BCUT2D eigenvalue weighted by molar-refractivity contribution is 0.700. The van der Waals surface area contributed by atoms with Crippen LogP contribution in [0.2, 0.25) is 19.6 Å². The summed E-state index contributed by atoms with van der Waals surface area (Å²) in [7, 11) is -1.02. The molecule has 0 fully saturated rings. The molecule has 3 heteroatoms. The van der Waals surface area contributed by atoms with Crippen LogP contribution in [0.25, 0.3) is 0 Å². The summed E-state index contributed by atoms with van der Waals surface area (Å²) in [6.07, 6.45) is 3.73. The normalized spacial score (nSPS) is 17.5. The number of unbranched alkanes of at least 4 members (excludes halogenated alkanes) is 1. The van der Waals surface area contributed by atoms with Gasteiger partial charge in [0.2, 0.25) is 0 Å². The lowest BCUT2D eigenvalue weighted by Gasteiger charge is -2.27. The third kappa shape index (κ3) is 5.07. The standard InChI is InChI=1S/C9H20ClISi/c1-5-6-7-8(10)9(11)12(2,3)4/h8-9H,5-7H2,1-4H3. The zero-order valence-electron chi connectivity index (χ0n) is 8.53. The second-order valence-electron chi connectivity index (χ2n) is 4.43. The molecule has 0 nitrogen and oxygen atoms in total. The van der Waals surface area contributed by atoms with Gasteiger partial charge < -0.3 is 0 Å². The number of hydrogen-bond acceptors (Lipinski definition) is 0. The fourth-order valence-electron chi connectivity index (χ4n) is 1.09. The summed E-state index contributed by atoms with van der Waals surface area (Å²) < 4.78 is 0.711. The Bertz CT molecular complexity index is 122. The van der Waals surface area contributed by atoms with Crippen LogP contribution in [-0.4, -0.2) is 17.0 Å². The molecule has 0 rings (SSSR count). The largest absolute Gasteiger partial charge is 0.122 e. The topological polar surface area (TPSA) is 0 Å². The van der Waals surface area contributed by atoms with Gasteiger partial charge in [-0.25, -0.2) is 0 Å². The highest BCUT2D eigenvalue weighted by molar-refractivity contribution is 14.1. The Labute approximate surface area is 96.6 Å². The van der Waals surface area contributed by atoms with Gasteiger partial charge in [0.25, 0.3) is 0 Å². The average molecular weight is 319 g/mol. The van der Waals surface area contributed by atoms with E-state index in [4.69, 9.17) is 11.6 Å². The minimum Gasteiger partial charge on any atom is -0.122 e. The van der Waals surface area contributed by atoms with Crippen molar-refractivity contribution in [2.75, 3.05) is 0 Å². The SMILES string of the molecule is CCCCC(Cl)C(I)[Si](C)(C)C. The molecular formula is C9H20ClISi. The Morgan fingerprint density at radius 3 is 2.17 bits per heavy atom. The molecule has 0 bridgehead atoms. The number of alkyl halides is 2. The third-order valence-electron chi connectivity index (χ3n) is 1.98. The Balaban J connectivity index is 3.84. The second kappa shape index (κ2) is 5.86. The van der Waals surface area contributed by atoms with E-state index in [-0.39, 0.29) is 0 Å². The molecule has 0 N–H and O–H groups in total. The van der Waals surface area contributed by atoms with Gasteiger partial charge in [-0.15, -0.1) is 11.6 Å². The summed E-state index contributed by atoms with van der Waals surface area (Å²) in [5.74, 6) is 0. The van der Waals surface area contributed by atoms with Crippen molar-refractivity contribution in [3.05, 3.63) is 0 Å². The molecule has 2 unspecified atom stereocenters. The van der Waals surface area contributed by atoms with Gasteiger partial charge in [0.1, 0.15) is 0 Å². The maximum absolute atomic E-state index is 6.32. The summed E-state index contributed by atoms with van der Waals surface area (Å²) in [6, 6.07) is 0. The highest BCUT2D eigenvalue weighted by atomic mass is 127. The first kappa shape index (κ1) is 13.2. The van der Waals surface area contributed by atoms with Gasteiger partial charge in [0.05, 0.1) is 8.07 Å². The van der Waals surface area contributed by atoms with Crippen LogP contribution in [0.1, 0.15) is 26.2 Å². The number of rotatable bonds is 5. The summed E-state index contributed by atoms with van der Waals surface area (Å²) in [5.41, 5.74) is 0. The summed E-state index contributed by atoms with van der Waals surface area (Å²) in [4.78, 5) is 0. The number of halogens is 2. The van der Waals surface area contributed by atoms with Crippen molar-refractivity contribution in [1.29, 1.82) is 0 Å². The van der Waals surface area contributed by atoms with Crippen LogP contribution in [-0.2, 0) is 0 Å². The quantitative estimate of drug-likeness (QED) is 0.399. The molecule has 0 amide bonds. The monoisotopic (exact) mass is 318 g/mol. The smallest absolute Gasteiger partial charge is 0.0604 e. The van der Waals surface area contributed by atoms with Crippen LogP contribution in [0.3, 0.4) is 0 Å². The van der Waals surface area contributed by atoms with Gasteiger partial charge >= 0.3 is 0 Å². The van der Waals surface area contributed by atoms with E-state index in [0.29, 0.717) is 8.92 Å². The fraction of sp³-hybridized carbons (Fsp3) is 1.00. The van der Waals surface area contributed by atoms with Crippen LogP contribution >= 0.6 is 34.2 Å². The van der Waals surface area contributed by atoms with Gasteiger partial charge in [0.15, 0.2) is 0 Å². The lowest BCUT2D eigenvalue weighted by atomic mass is 10.2. The van der Waals surface area contributed by atoms with Crippen molar-refractivity contribution in [1.82, 2.24) is 0 Å². The molecule has 0 aliphatic heterocycles. The first-order valence-electron chi connectivity index (χ1n) is 4.67. The first-order valence-corrected chi connectivity index (χ1v) is 9.93. The highest BCUT2D eigenvalue weighted by Crippen LogP contribution is 2.26. The van der Waals surface area contributed by atoms with E-state index in [2.05, 4.69) is 49.2 Å². The zero-order chi connectivity index (χ0) is 9.78. The van der Waals surface area contributed by atoms with Crippen LogP contribution < -0.4 is 0 Å². The van der Waals surface area contributed by atoms with Crippen molar-refractivity contribution in [3.8, 4) is 0 Å². The molecule has 0 saturated heterocycles. The minimum atomic E-state index is -1.02. The molecule has 0 aromatic rings. The van der Waals surface area contributed by atoms with E-state index < -0.39 is 8.07 Å². The minimum absolute atomic E-state index is 0.400. The Morgan fingerprint density at radius 1 is 1.33 bits per heavy atom. The summed E-state index contributed by atoms with van der Waals surface area (Å²) in [6.45, 7) is 9.41. The van der Waals surface area contributed by atoms with Crippen LogP contribution in [0.5, 0.6) is 0 Å².